The second-order valence-electron chi connectivity index (χ2n) is 15.0. The van der Waals surface area contributed by atoms with Gasteiger partial charge in [0.15, 0.2) is 0 Å². The van der Waals surface area contributed by atoms with Crippen LogP contribution in [0.4, 0.5) is 0 Å². The van der Waals surface area contributed by atoms with E-state index in [4.69, 9.17) is 0 Å². The lowest BCUT2D eigenvalue weighted by molar-refractivity contribution is -0.695. The van der Waals surface area contributed by atoms with Crippen LogP contribution in [0, 0.1) is 0 Å². The van der Waals surface area contributed by atoms with Crippen molar-refractivity contribution in [3.63, 3.8) is 0 Å². The summed E-state index contributed by atoms with van der Waals surface area (Å²) >= 11 is 0. The molecular weight excluding hydrogens is 569 g/mol. The predicted octanol–water partition coefficient (Wildman–Crippen LogP) is 14.5. The van der Waals surface area contributed by atoms with Crippen molar-refractivity contribution in [2.45, 2.75) is 232 Å². The van der Waals surface area contributed by atoms with Crippen LogP contribution < -0.4 is 4.57 Å². The molecule has 1 aromatic heterocycles. The third-order valence-corrected chi connectivity index (χ3v) is 10.5. The van der Waals surface area contributed by atoms with Crippen LogP contribution in [0.15, 0.2) is 42.7 Å². The van der Waals surface area contributed by atoms with Gasteiger partial charge in [0, 0.05) is 6.42 Å². The van der Waals surface area contributed by atoms with E-state index >= 15 is 0 Å². The molecule has 0 radical (unpaired) electrons. The highest BCUT2D eigenvalue weighted by Crippen LogP contribution is 2.16. The van der Waals surface area contributed by atoms with Crippen LogP contribution in [0.3, 0.4) is 0 Å². The molecular formula is C45H81N2+. The van der Waals surface area contributed by atoms with E-state index < -0.39 is 0 Å². The summed E-state index contributed by atoms with van der Waals surface area (Å²) in [5.74, 6) is 1.55. The molecule has 47 heavy (non-hydrogen) atoms. The topological polar surface area (TPSA) is 8.81 Å². The molecule has 2 aromatic rings. The molecule has 0 aliphatic carbocycles. The molecule has 0 amide bonds. The lowest BCUT2D eigenvalue weighted by atomic mass is 10.0. The van der Waals surface area contributed by atoms with E-state index in [1.165, 1.54) is 218 Å². The molecule has 0 saturated carbocycles. The standard InChI is InChI=1S/C45H81N2/c1-3-5-7-9-11-13-15-17-19-20-21-22-24-26-28-30-35-39-45-46(41-42-47(45)43-44-37-33-32-34-38-44)40-36-31-29-27-25-23-18-16-14-12-10-8-6-4-2/h32-34,37-38,41-42H,3-31,35-36,39-40,43H2,1-2H3/q+1. The molecule has 0 atom stereocenters. The molecule has 0 unspecified atom stereocenters. The fourth-order valence-electron chi connectivity index (χ4n) is 7.40. The highest BCUT2D eigenvalue weighted by atomic mass is 15.1. The smallest absolute Gasteiger partial charge is 0.234 e. The number of nitrogens with zero attached hydrogens (tertiary/aromatic N) is 2. The van der Waals surface area contributed by atoms with Crippen molar-refractivity contribution in [2.24, 2.45) is 0 Å². The number of unbranched alkanes of at least 4 members (excludes halogenated alkanes) is 29. The summed E-state index contributed by atoms with van der Waals surface area (Å²) in [7, 11) is 0. The number of hydrogen-bond donors (Lipinski definition) is 0. The zero-order chi connectivity index (χ0) is 33.3. The van der Waals surface area contributed by atoms with Crippen molar-refractivity contribution < 1.29 is 4.57 Å². The molecule has 0 fully saturated rings. The molecule has 0 N–H and O–H groups in total. The Morgan fingerprint density at radius 2 is 0.787 bits per heavy atom. The molecule has 270 valence electrons. The first kappa shape index (κ1) is 41.6. The molecule has 2 rings (SSSR count). The zero-order valence-electron chi connectivity index (χ0n) is 32.0. The lowest BCUT2D eigenvalue weighted by Gasteiger charge is -2.07. The molecule has 1 aromatic carbocycles. The lowest BCUT2D eigenvalue weighted by Crippen LogP contribution is -2.37. The van der Waals surface area contributed by atoms with Gasteiger partial charge in [-0.15, -0.1) is 0 Å². The van der Waals surface area contributed by atoms with Gasteiger partial charge in [0.2, 0.25) is 0 Å². The second-order valence-corrected chi connectivity index (χ2v) is 15.0. The average molecular weight is 650 g/mol. The van der Waals surface area contributed by atoms with Crippen LogP contribution in [0.1, 0.15) is 224 Å². The van der Waals surface area contributed by atoms with E-state index in [1.54, 1.807) is 5.82 Å². The molecule has 0 spiro atoms. The van der Waals surface area contributed by atoms with E-state index in [-0.39, 0.29) is 0 Å². The van der Waals surface area contributed by atoms with E-state index in [1.807, 2.05) is 0 Å². The van der Waals surface area contributed by atoms with Crippen molar-refractivity contribution in [2.75, 3.05) is 0 Å². The van der Waals surface area contributed by atoms with Crippen LogP contribution in [-0.2, 0) is 19.5 Å². The predicted molar refractivity (Wildman–Crippen MR) is 208 cm³/mol. The Morgan fingerprint density at radius 1 is 0.426 bits per heavy atom. The third-order valence-electron chi connectivity index (χ3n) is 10.5. The van der Waals surface area contributed by atoms with Crippen molar-refractivity contribution >= 4 is 0 Å². The fourth-order valence-corrected chi connectivity index (χ4v) is 7.40. The summed E-state index contributed by atoms with van der Waals surface area (Å²) in [5.41, 5.74) is 1.41. The molecule has 1 heterocycles. The quantitative estimate of drug-likeness (QED) is 0.0519. The Morgan fingerprint density at radius 3 is 1.19 bits per heavy atom. The van der Waals surface area contributed by atoms with Gasteiger partial charge >= 0.3 is 0 Å². The third kappa shape index (κ3) is 23.4. The molecule has 0 bridgehead atoms. The number of hydrogen-bond acceptors (Lipinski definition) is 0. The van der Waals surface area contributed by atoms with E-state index in [2.05, 4.69) is 65.7 Å². The van der Waals surface area contributed by atoms with Gasteiger partial charge in [-0.2, -0.15) is 0 Å². The number of imidazole rings is 1. The van der Waals surface area contributed by atoms with Crippen molar-refractivity contribution in [1.82, 2.24) is 4.57 Å². The monoisotopic (exact) mass is 650 g/mol. The highest BCUT2D eigenvalue weighted by Gasteiger charge is 2.17. The molecule has 0 aliphatic rings. The highest BCUT2D eigenvalue weighted by molar-refractivity contribution is 5.13. The van der Waals surface area contributed by atoms with Crippen LogP contribution in [0.25, 0.3) is 0 Å². The van der Waals surface area contributed by atoms with Gasteiger partial charge in [-0.05, 0) is 24.8 Å². The number of rotatable bonds is 35. The van der Waals surface area contributed by atoms with Crippen molar-refractivity contribution in [1.29, 1.82) is 0 Å². The maximum Gasteiger partial charge on any atom is 0.256 e. The van der Waals surface area contributed by atoms with E-state index in [0.717, 1.165) is 6.54 Å². The first-order chi connectivity index (χ1) is 23.3. The largest absolute Gasteiger partial charge is 0.256 e. The Balaban J connectivity index is 1.54. The van der Waals surface area contributed by atoms with Gasteiger partial charge < -0.3 is 0 Å². The van der Waals surface area contributed by atoms with Gasteiger partial charge in [-0.25, -0.2) is 9.13 Å². The Hall–Kier alpha value is -1.57. The van der Waals surface area contributed by atoms with E-state index in [9.17, 15) is 0 Å². The summed E-state index contributed by atoms with van der Waals surface area (Å²) < 4.78 is 5.13. The van der Waals surface area contributed by atoms with Crippen molar-refractivity contribution in [3.05, 3.63) is 54.1 Å². The van der Waals surface area contributed by atoms with Crippen LogP contribution in [0.5, 0.6) is 0 Å². The van der Waals surface area contributed by atoms with Crippen molar-refractivity contribution in [3.8, 4) is 0 Å². The Kier molecular flexibility index (Phi) is 28.0. The Labute approximate surface area is 294 Å². The average Bonchev–Trinajstić information content (AvgIpc) is 3.47. The zero-order valence-corrected chi connectivity index (χ0v) is 32.0. The first-order valence-corrected chi connectivity index (χ1v) is 21.5. The molecule has 2 heteroatoms. The number of benzene rings is 1. The normalized spacial score (nSPS) is 11.5. The minimum atomic E-state index is 1.00. The van der Waals surface area contributed by atoms with Gasteiger partial charge in [-0.1, -0.05) is 224 Å². The van der Waals surface area contributed by atoms with Gasteiger partial charge in [0.05, 0.1) is 6.54 Å². The summed E-state index contributed by atoms with van der Waals surface area (Å²) in [6.45, 7) is 6.81. The molecule has 0 aliphatic heterocycles. The van der Waals surface area contributed by atoms with E-state index in [0.29, 0.717) is 0 Å². The second kappa shape index (κ2) is 31.7. The van der Waals surface area contributed by atoms with Crippen LogP contribution in [0.2, 0.25) is 0 Å². The van der Waals surface area contributed by atoms with Gasteiger partial charge in [-0.3, -0.25) is 0 Å². The summed E-state index contributed by atoms with van der Waals surface area (Å²) in [6, 6.07) is 11.0. The minimum absolute atomic E-state index is 1.00. The fraction of sp³-hybridized carbons (Fsp3) is 0.800. The summed E-state index contributed by atoms with van der Waals surface area (Å²) in [6.07, 6.45) is 50.4. The molecule has 0 saturated heterocycles. The number of aryl methyl sites for hydroxylation is 1. The van der Waals surface area contributed by atoms with Gasteiger partial charge in [0.25, 0.3) is 5.82 Å². The van der Waals surface area contributed by atoms with Crippen LogP contribution in [-0.4, -0.2) is 4.57 Å². The van der Waals surface area contributed by atoms with Crippen LogP contribution >= 0.6 is 0 Å². The summed E-state index contributed by atoms with van der Waals surface area (Å²) in [5, 5.41) is 0. The maximum absolute atomic E-state index is 2.59. The minimum Gasteiger partial charge on any atom is -0.234 e. The SMILES string of the molecule is CCCCCCCCCCCCCCCCCCCc1n(CCCCCCCCCCCCCCCC)cc[n+]1Cc1ccccc1. The maximum atomic E-state index is 2.59. The Bertz CT molecular complexity index is 900. The number of aromatic nitrogens is 2. The van der Waals surface area contributed by atoms with Gasteiger partial charge in [0.1, 0.15) is 18.9 Å². The molecule has 2 nitrogen and oxygen atoms in total. The summed E-state index contributed by atoms with van der Waals surface area (Å²) in [4.78, 5) is 0. The first-order valence-electron chi connectivity index (χ1n) is 21.5.